The van der Waals surface area contributed by atoms with Gasteiger partial charge in [-0.2, -0.15) is 0 Å². The van der Waals surface area contributed by atoms with Gasteiger partial charge >= 0.3 is 0 Å². The van der Waals surface area contributed by atoms with Gasteiger partial charge in [-0.3, -0.25) is 9.59 Å². The molecule has 0 aromatic heterocycles. The van der Waals surface area contributed by atoms with Gasteiger partial charge in [0, 0.05) is 30.6 Å². The Morgan fingerprint density at radius 2 is 1.85 bits per heavy atom. The van der Waals surface area contributed by atoms with Gasteiger partial charge in [-0.05, 0) is 62.1 Å². The lowest BCUT2D eigenvalue weighted by Crippen LogP contribution is -2.44. The summed E-state index contributed by atoms with van der Waals surface area (Å²) in [6.07, 6.45) is 5.90. The Bertz CT molecular complexity index is 962. The molecule has 0 radical (unpaired) electrons. The molecule has 6 nitrogen and oxygen atoms in total. The van der Waals surface area contributed by atoms with Gasteiger partial charge in [0.25, 0.3) is 5.91 Å². The van der Waals surface area contributed by atoms with Crippen molar-refractivity contribution in [3.63, 3.8) is 0 Å². The number of hydrogen-bond acceptors (Lipinski definition) is 4. The smallest absolute Gasteiger partial charge is 0.254 e. The Kier molecular flexibility index (Phi) is 6.63. The summed E-state index contributed by atoms with van der Waals surface area (Å²) in [5.41, 5.74) is 1.90. The van der Waals surface area contributed by atoms with Crippen molar-refractivity contribution in [2.24, 2.45) is 0 Å². The molecule has 0 spiro atoms. The first-order valence-electron chi connectivity index (χ1n) is 12.3. The van der Waals surface area contributed by atoms with Crippen LogP contribution in [0, 0.1) is 0 Å². The number of carbonyl (C=O) groups excluding carboxylic acids is 2. The second-order valence-corrected chi connectivity index (χ2v) is 9.36. The third kappa shape index (κ3) is 4.76. The highest BCUT2D eigenvalue weighted by atomic mass is 16.5. The molecule has 3 fully saturated rings. The first-order chi connectivity index (χ1) is 16.2. The Morgan fingerprint density at radius 3 is 2.61 bits per heavy atom. The Balaban J connectivity index is 1.29. The third-order valence-corrected chi connectivity index (χ3v) is 7.29. The van der Waals surface area contributed by atoms with Crippen LogP contribution in [0.25, 0.3) is 0 Å². The topological polar surface area (TPSA) is 61.9 Å². The van der Waals surface area contributed by atoms with E-state index in [0.717, 1.165) is 44.5 Å². The highest BCUT2D eigenvalue weighted by Gasteiger charge is 2.44. The minimum Gasteiger partial charge on any atom is -0.492 e. The molecule has 3 heterocycles. The van der Waals surface area contributed by atoms with Crippen molar-refractivity contribution in [1.29, 1.82) is 0 Å². The highest BCUT2D eigenvalue weighted by Crippen LogP contribution is 2.40. The number of hydrogen-bond donors (Lipinski definition) is 1. The summed E-state index contributed by atoms with van der Waals surface area (Å²) in [7, 11) is 0. The largest absolute Gasteiger partial charge is 0.492 e. The number of ether oxygens (including phenoxy) is 1. The molecule has 33 heavy (non-hydrogen) atoms. The lowest BCUT2D eigenvalue weighted by atomic mass is 10.0. The van der Waals surface area contributed by atoms with E-state index in [1.807, 2.05) is 35.2 Å². The van der Waals surface area contributed by atoms with Gasteiger partial charge in [0.1, 0.15) is 12.4 Å². The number of fused-ring (bicyclic) bond motifs is 1. The molecule has 3 aliphatic heterocycles. The van der Waals surface area contributed by atoms with Crippen LogP contribution in [0.3, 0.4) is 0 Å². The minimum atomic E-state index is 0.0909. The Hall–Kier alpha value is -2.86. The van der Waals surface area contributed by atoms with Crippen molar-refractivity contribution < 1.29 is 14.3 Å². The maximum absolute atomic E-state index is 13.7. The van der Waals surface area contributed by atoms with Gasteiger partial charge in [0.05, 0.1) is 12.6 Å². The minimum absolute atomic E-state index is 0.0909. The first-order valence-corrected chi connectivity index (χ1v) is 12.3. The van der Waals surface area contributed by atoms with E-state index in [1.54, 1.807) is 0 Å². The van der Waals surface area contributed by atoms with Crippen molar-refractivity contribution in [3.8, 4) is 5.75 Å². The normalized spacial score (nSPS) is 25.1. The van der Waals surface area contributed by atoms with Crippen LogP contribution in [0.5, 0.6) is 5.75 Å². The van der Waals surface area contributed by atoms with Crippen molar-refractivity contribution in [2.45, 2.75) is 56.7 Å². The summed E-state index contributed by atoms with van der Waals surface area (Å²) in [5.74, 6) is 1.03. The quantitative estimate of drug-likeness (QED) is 0.732. The predicted octanol–water partition coefficient (Wildman–Crippen LogP) is 3.79. The summed E-state index contributed by atoms with van der Waals surface area (Å²) in [6, 6.07) is 18.6. The summed E-state index contributed by atoms with van der Waals surface area (Å²) in [4.78, 5) is 29.5. The number of amides is 2. The van der Waals surface area contributed by atoms with E-state index in [-0.39, 0.29) is 23.9 Å². The van der Waals surface area contributed by atoms with Crippen LogP contribution in [-0.2, 0) is 4.79 Å². The van der Waals surface area contributed by atoms with Crippen LogP contribution < -0.4 is 10.1 Å². The van der Waals surface area contributed by atoms with Gasteiger partial charge in [-0.15, -0.1) is 0 Å². The van der Waals surface area contributed by atoms with E-state index in [0.29, 0.717) is 31.2 Å². The summed E-state index contributed by atoms with van der Waals surface area (Å²) >= 11 is 0. The van der Waals surface area contributed by atoms with E-state index < -0.39 is 0 Å². The molecule has 1 N–H and O–H groups in total. The number of carbonyl (C=O) groups is 2. The molecule has 3 aliphatic rings. The number of benzene rings is 2. The van der Waals surface area contributed by atoms with E-state index in [4.69, 9.17) is 4.74 Å². The maximum atomic E-state index is 13.7. The molecule has 3 saturated heterocycles. The van der Waals surface area contributed by atoms with Crippen LogP contribution in [0.2, 0.25) is 0 Å². The molecule has 6 heteroatoms. The molecular formula is C27H33N3O3. The SMILES string of the molecule is O=C1CCCN1CCOc1ccc(C(=O)N2[C@H](c3ccccc3)C[C@H]3NCCCC[C@@H]32)cc1. The fraction of sp³-hybridized carbons (Fsp3) is 0.481. The fourth-order valence-electron chi connectivity index (χ4n) is 5.58. The zero-order chi connectivity index (χ0) is 22.6. The second kappa shape index (κ2) is 9.96. The van der Waals surface area contributed by atoms with Crippen molar-refractivity contribution in [2.75, 3.05) is 26.2 Å². The highest BCUT2D eigenvalue weighted by molar-refractivity contribution is 5.95. The van der Waals surface area contributed by atoms with Crippen LogP contribution in [-0.4, -0.2) is 59.9 Å². The van der Waals surface area contributed by atoms with Crippen LogP contribution in [0.1, 0.15) is 60.5 Å². The van der Waals surface area contributed by atoms with Crippen LogP contribution in [0.4, 0.5) is 0 Å². The molecule has 174 valence electrons. The lowest BCUT2D eigenvalue weighted by molar-refractivity contribution is -0.128. The first kappa shape index (κ1) is 22.0. The van der Waals surface area contributed by atoms with E-state index in [2.05, 4.69) is 34.5 Å². The van der Waals surface area contributed by atoms with Crippen LogP contribution in [0.15, 0.2) is 54.6 Å². The van der Waals surface area contributed by atoms with Gasteiger partial charge in [0.2, 0.25) is 5.91 Å². The number of likely N-dealkylation sites (tertiary alicyclic amines) is 2. The molecule has 0 bridgehead atoms. The standard InChI is InChI=1S/C27H33N3O3/c31-26-10-6-16-29(26)17-18-33-22-13-11-21(12-14-22)27(32)30-24-9-4-5-15-28-23(24)19-25(30)20-7-2-1-3-8-20/h1-3,7-8,11-14,23-25,28H,4-6,9-10,15-19H2/t23-,24+,25+/m1/s1. The van der Waals surface area contributed by atoms with Crippen LogP contribution >= 0.6 is 0 Å². The van der Waals surface area contributed by atoms with E-state index in [9.17, 15) is 9.59 Å². The fourth-order valence-corrected chi connectivity index (χ4v) is 5.58. The summed E-state index contributed by atoms with van der Waals surface area (Å²) in [6.45, 7) is 2.93. The molecule has 2 aromatic rings. The zero-order valence-corrected chi connectivity index (χ0v) is 19.1. The Labute approximate surface area is 195 Å². The average molecular weight is 448 g/mol. The average Bonchev–Trinajstić information content (AvgIpc) is 3.34. The summed E-state index contributed by atoms with van der Waals surface area (Å²) < 4.78 is 5.84. The lowest BCUT2D eigenvalue weighted by Gasteiger charge is -2.31. The molecular weight excluding hydrogens is 414 g/mol. The molecule has 5 rings (SSSR count). The van der Waals surface area contributed by atoms with E-state index in [1.165, 1.54) is 12.0 Å². The zero-order valence-electron chi connectivity index (χ0n) is 19.1. The van der Waals surface area contributed by atoms with Crippen molar-refractivity contribution in [1.82, 2.24) is 15.1 Å². The second-order valence-electron chi connectivity index (χ2n) is 9.36. The monoisotopic (exact) mass is 447 g/mol. The number of nitrogens with zero attached hydrogens (tertiary/aromatic N) is 2. The molecule has 0 unspecified atom stereocenters. The molecule has 0 aliphatic carbocycles. The maximum Gasteiger partial charge on any atom is 0.254 e. The number of rotatable bonds is 6. The van der Waals surface area contributed by atoms with E-state index >= 15 is 0 Å². The molecule has 2 amide bonds. The van der Waals surface area contributed by atoms with Gasteiger partial charge in [-0.1, -0.05) is 36.8 Å². The summed E-state index contributed by atoms with van der Waals surface area (Å²) in [5, 5.41) is 3.70. The Morgan fingerprint density at radius 1 is 1.03 bits per heavy atom. The molecule has 3 atom stereocenters. The van der Waals surface area contributed by atoms with Gasteiger partial charge < -0.3 is 19.9 Å². The van der Waals surface area contributed by atoms with Crippen molar-refractivity contribution >= 4 is 11.8 Å². The van der Waals surface area contributed by atoms with Gasteiger partial charge in [-0.25, -0.2) is 0 Å². The molecule has 0 saturated carbocycles. The van der Waals surface area contributed by atoms with Crippen molar-refractivity contribution in [3.05, 3.63) is 65.7 Å². The predicted molar refractivity (Wildman–Crippen MR) is 127 cm³/mol. The van der Waals surface area contributed by atoms with Gasteiger partial charge in [0.15, 0.2) is 0 Å². The third-order valence-electron chi connectivity index (χ3n) is 7.29. The number of nitrogens with one attached hydrogen (secondary N) is 1. The molecule has 2 aromatic carbocycles.